The molecule has 0 fully saturated rings. The van der Waals surface area contributed by atoms with Crippen LogP contribution in [-0.4, -0.2) is 0 Å². The van der Waals surface area contributed by atoms with Gasteiger partial charge in [-0.05, 0) is 36.4 Å². The van der Waals surface area contributed by atoms with Gasteiger partial charge in [0, 0.05) is 31.5 Å². The van der Waals surface area contributed by atoms with Crippen LogP contribution >= 0.6 is 46.4 Å². The quantitative estimate of drug-likeness (QED) is 0.712. The van der Waals surface area contributed by atoms with Gasteiger partial charge in [-0.15, -0.1) is 0 Å². The fourth-order valence-electron chi connectivity index (χ4n) is 1.42. The minimum atomic E-state index is 0.563. The van der Waals surface area contributed by atoms with Crippen molar-refractivity contribution in [2.75, 3.05) is 5.32 Å². The molecular formula is C12H7Cl4N. The van der Waals surface area contributed by atoms with Crippen LogP contribution in [0.5, 0.6) is 0 Å². The third kappa shape index (κ3) is 3.68. The molecule has 1 nitrogen and oxygen atoms in total. The summed E-state index contributed by atoms with van der Waals surface area (Å²) in [7, 11) is 0. The van der Waals surface area contributed by atoms with Gasteiger partial charge in [-0.1, -0.05) is 46.4 Å². The molecular weight excluding hydrogens is 300 g/mol. The van der Waals surface area contributed by atoms with E-state index in [1.807, 2.05) is 0 Å². The summed E-state index contributed by atoms with van der Waals surface area (Å²) in [6.45, 7) is 0. The van der Waals surface area contributed by atoms with Gasteiger partial charge in [-0.3, -0.25) is 0 Å². The molecule has 0 bridgehead atoms. The number of rotatable bonds is 2. The molecule has 0 aromatic heterocycles. The molecule has 5 heteroatoms. The fraction of sp³-hybridized carbons (Fsp3) is 0. The molecule has 0 amide bonds. The Morgan fingerprint density at radius 2 is 0.824 bits per heavy atom. The monoisotopic (exact) mass is 305 g/mol. The lowest BCUT2D eigenvalue weighted by atomic mass is 10.2. The van der Waals surface area contributed by atoms with Crippen molar-refractivity contribution >= 4 is 57.8 Å². The predicted octanol–water partition coefficient (Wildman–Crippen LogP) is 6.04. The number of benzene rings is 2. The first kappa shape index (κ1) is 12.8. The van der Waals surface area contributed by atoms with E-state index in [9.17, 15) is 0 Å². The Bertz CT molecular complexity index is 464. The summed E-state index contributed by atoms with van der Waals surface area (Å²) in [4.78, 5) is 0. The van der Waals surface area contributed by atoms with Crippen molar-refractivity contribution in [3.05, 3.63) is 56.5 Å². The highest BCUT2D eigenvalue weighted by Gasteiger charge is 2.01. The van der Waals surface area contributed by atoms with E-state index >= 15 is 0 Å². The smallest absolute Gasteiger partial charge is 0.0441 e. The Morgan fingerprint density at radius 1 is 0.529 bits per heavy atom. The number of anilines is 2. The van der Waals surface area contributed by atoms with Crippen molar-refractivity contribution in [3.63, 3.8) is 0 Å². The molecule has 0 radical (unpaired) electrons. The third-order valence-electron chi connectivity index (χ3n) is 2.01. The molecule has 0 unspecified atom stereocenters. The zero-order valence-electron chi connectivity index (χ0n) is 8.48. The molecule has 2 aromatic rings. The van der Waals surface area contributed by atoms with Crippen molar-refractivity contribution < 1.29 is 0 Å². The second-order valence-electron chi connectivity index (χ2n) is 3.44. The molecule has 0 spiro atoms. The summed E-state index contributed by atoms with van der Waals surface area (Å²) in [5, 5.41) is 5.38. The van der Waals surface area contributed by atoms with E-state index in [0.29, 0.717) is 20.1 Å². The van der Waals surface area contributed by atoms with Crippen molar-refractivity contribution in [1.29, 1.82) is 0 Å². The van der Waals surface area contributed by atoms with Crippen LogP contribution in [0.1, 0.15) is 0 Å². The van der Waals surface area contributed by atoms with Crippen LogP contribution in [0.2, 0.25) is 20.1 Å². The van der Waals surface area contributed by atoms with Crippen LogP contribution in [-0.2, 0) is 0 Å². The highest BCUT2D eigenvalue weighted by molar-refractivity contribution is 6.35. The average Bonchev–Trinajstić information content (AvgIpc) is 2.13. The second kappa shape index (κ2) is 5.36. The van der Waals surface area contributed by atoms with E-state index in [4.69, 9.17) is 46.4 Å². The van der Waals surface area contributed by atoms with E-state index in [2.05, 4.69) is 5.32 Å². The number of halogens is 4. The van der Waals surface area contributed by atoms with Crippen LogP contribution in [0.15, 0.2) is 36.4 Å². The molecule has 17 heavy (non-hydrogen) atoms. The van der Waals surface area contributed by atoms with Crippen molar-refractivity contribution in [2.45, 2.75) is 0 Å². The third-order valence-corrected chi connectivity index (χ3v) is 2.89. The summed E-state index contributed by atoms with van der Waals surface area (Å²) in [5.74, 6) is 0. The van der Waals surface area contributed by atoms with E-state index in [1.54, 1.807) is 36.4 Å². The predicted molar refractivity (Wildman–Crippen MR) is 76.2 cm³/mol. The largest absolute Gasteiger partial charge is 0.355 e. The molecule has 0 aliphatic carbocycles. The zero-order valence-corrected chi connectivity index (χ0v) is 11.5. The summed E-state index contributed by atoms with van der Waals surface area (Å²) in [5.41, 5.74) is 1.56. The minimum absolute atomic E-state index is 0.563. The normalized spacial score (nSPS) is 10.4. The van der Waals surface area contributed by atoms with Crippen LogP contribution in [0.4, 0.5) is 11.4 Å². The van der Waals surface area contributed by atoms with Gasteiger partial charge in [-0.2, -0.15) is 0 Å². The maximum atomic E-state index is 5.90. The van der Waals surface area contributed by atoms with E-state index < -0.39 is 0 Å². The maximum absolute atomic E-state index is 5.90. The van der Waals surface area contributed by atoms with Gasteiger partial charge in [0.25, 0.3) is 0 Å². The summed E-state index contributed by atoms with van der Waals surface area (Å²) in [6.07, 6.45) is 0. The van der Waals surface area contributed by atoms with Crippen molar-refractivity contribution in [2.24, 2.45) is 0 Å². The van der Waals surface area contributed by atoms with Gasteiger partial charge in [-0.25, -0.2) is 0 Å². The van der Waals surface area contributed by atoms with Gasteiger partial charge in [0.1, 0.15) is 0 Å². The van der Waals surface area contributed by atoms with E-state index in [-0.39, 0.29) is 0 Å². The van der Waals surface area contributed by atoms with Crippen LogP contribution in [0.3, 0.4) is 0 Å². The first-order valence-electron chi connectivity index (χ1n) is 4.72. The van der Waals surface area contributed by atoms with Crippen LogP contribution in [0, 0.1) is 0 Å². The van der Waals surface area contributed by atoms with Crippen molar-refractivity contribution in [3.8, 4) is 0 Å². The molecule has 0 aliphatic rings. The fourth-order valence-corrected chi connectivity index (χ4v) is 2.47. The maximum Gasteiger partial charge on any atom is 0.0441 e. The molecule has 1 N–H and O–H groups in total. The molecule has 88 valence electrons. The number of hydrogen-bond acceptors (Lipinski definition) is 1. The number of hydrogen-bond donors (Lipinski definition) is 1. The Morgan fingerprint density at radius 3 is 1.12 bits per heavy atom. The molecule has 2 aromatic carbocycles. The molecule has 0 saturated carbocycles. The lowest BCUT2D eigenvalue weighted by Crippen LogP contribution is -1.90. The molecule has 2 rings (SSSR count). The first-order valence-corrected chi connectivity index (χ1v) is 6.23. The van der Waals surface area contributed by atoms with E-state index in [1.165, 1.54) is 0 Å². The number of nitrogens with one attached hydrogen (secondary N) is 1. The van der Waals surface area contributed by atoms with Gasteiger partial charge in [0.2, 0.25) is 0 Å². The van der Waals surface area contributed by atoms with E-state index in [0.717, 1.165) is 11.4 Å². The molecule has 0 heterocycles. The van der Waals surface area contributed by atoms with Gasteiger partial charge >= 0.3 is 0 Å². The Labute approximate surface area is 119 Å². The SMILES string of the molecule is Clc1cc(Cl)cc(Nc2cc(Cl)cc(Cl)c2)c1. The van der Waals surface area contributed by atoms with Crippen LogP contribution in [0.25, 0.3) is 0 Å². The highest BCUT2D eigenvalue weighted by atomic mass is 35.5. The zero-order chi connectivity index (χ0) is 12.4. The van der Waals surface area contributed by atoms with Crippen molar-refractivity contribution in [1.82, 2.24) is 0 Å². The lowest BCUT2D eigenvalue weighted by Gasteiger charge is -2.08. The summed E-state index contributed by atoms with van der Waals surface area (Å²) in [6, 6.07) is 10.4. The lowest BCUT2D eigenvalue weighted by molar-refractivity contribution is 1.55. The molecule has 0 aliphatic heterocycles. The standard InChI is InChI=1S/C12H7Cl4N/c13-7-1-8(14)4-11(3-7)17-12-5-9(15)2-10(16)6-12/h1-6,17H. The summed E-state index contributed by atoms with van der Waals surface area (Å²) >= 11 is 23.6. The second-order valence-corrected chi connectivity index (χ2v) is 5.19. The Hall–Kier alpha value is -0.600. The average molecular weight is 307 g/mol. The topological polar surface area (TPSA) is 12.0 Å². The Balaban J connectivity index is 2.31. The minimum Gasteiger partial charge on any atom is -0.355 e. The molecule has 0 atom stereocenters. The Kier molecular flexibility index (Phi) is 4.05. The van der Waals surface area contributed by atoms with Gasteiger partial charge in [0.05, 0.1) is 0 Å². The highest BCUT2D eigenvalue weighted by Crippen LogP contribution is 2.28. The van der Waals surface area contributed by atoms with Crippen LogP contribution < -0.4 is 5.32 Å². The molecule has 0 saturated heterocycles. The first-order chi connectivity index (χ1) is 8.02. The summed E-state index contributed by atoms with van der Waals surface area (Å²) < 4.78 is 0. The van der Waals surface area contributed by atoms with Gasteiger partial charge < -0.3 is 5.32 Å². The van der Waals surface area contributed by atoms with Gasteiger partial charge in [0.15, 0.2) is 0 Å².